The third kappa shape index (κ3) is 4.53. The van der Waals surface area contributed by atoms with Gasteiger partial charge in [-0.1, -0.05) is 18.9 Å². The highest BCUT2D eigenvalue weighted by atomic mass is 32.1. The number of carbonyl (C=O) groups is 1. The summed E-state index contributed by atoms with van der Waals surface area (Å²) in [4.78, 5) is 16.1. The first kappa shape index (κ1) is 16.5. The Bertz CT molecular complexity index is 422. The topological polar surface area (TPSA) is 55.6 Å². The zero-order valence-corrected chi connectivity index (χ0v) is 13.6. The highest BCUT2D eigenvalue weighted by Crippen LogP contribution is 2.31. The molecule has 2 rings (SSSR count). The average Bonchev–Trinajstić information content (AvgIpc) is 3.03. The van der Waals surface area contributed by atoms with Gasteiger partial charge in [-0.2, -0.15) is 0 Å². The molecule has 1 aliphatic rings. The number of amides is 1. The number of hydrogen-bond donors (Lipinski definition) is 1. The Labute approximate surface area is 131 Å². The van der Waals surface area contributed by atoms with Crippen molar-refractivity contribution in [3.05, 3.63) is 22.4 Å². The minimum absolute atomic E-state index is 0.0977. The number of ether oxygens (including phenoxy) is 1. The van der Waals surface area contributed by atoms with Crippen molar-refractivity contribution in [3.63, 3.8) is 0 Å². The lowest BCUT2D eigenvalue weighted by molar-refractivity contribution is -0.139. The fourth-order valence-corrected chi connectivity index (χ4v) is 3.83. The van der Waals surface area contributed by atoms with Crippen LogP contribution in [0.15, 0.2) is 17.5 Å². The largest absolute Gasteiger partial charge is 0.383 e. The summed E-state index contributed by atoms with van der Waals surface area (Å²) >= 11 is 1.70. The van der Waals surface area contributed by atoms with Gasteiger partial charge in [0.15, 0.2) is 0 Å². The summed E-state index contributed by atoms with van der Waals surface area (Å²) in [5.74, 6) is 0.704. The van der Waals surface area contributed by atoms with Gasteiger partial charge in [-0.15, -0.1) is 11.3 Å². The van der Waals surface area contributed by atoms with Crippen LogP contribution in [0.2, 0.25) is 0 Å². The fourth-order valence-electron chi connectivity index (χ4n) is 3.11. The number of carbonyl (C=O) groups excluding carboxylic acids is 1. The lowest BCUT2D eigenvalue weighted by Gasteiger charge is -2.34. The Kier molecular flexibility index (Phi) is 6.67. The molecule has 4 nitrogen and oxygen atoms in total. The molecule has 5 heteroatoms. The van der Waals surface area contributed by atoms with Crippen molar-refractivity contribution >= 4 is 17.2 Å². The molecule has 1 heterocycles. The molecule has 1 aromatic rings. The van der Waals surface area contributed by atoms with Crippen LogP contribution >= 0.6 is 11.3 Å². The Morgan fingerprint density at radius 2 is 2.29 bits per heavy atom. The molecule has 0 aliphatic heterocycles. The molecule has 1 aliphatic carbocycles. The highest BCUT2D eigenvalue weighted by Gasteiger charge is 2.32. The van der Waals surface area contributed by atoms with E-state index in [0.29, 0.717) is 32.2 Å². The summed E-state index contributed by atoms with van der Waals surface area (Å²) in [7, 11) is 1.68. The minimum atomic E-state index is 0.0977. The summed E-state index contributed by atoms with van der Waals surface area (Å²) in [6, 6.07) is 4.11. The minimum Gasteiger partial charge on any atom is -0.383 e. The Morgan fingerprint density at radius 1 is 1.48 bits per heavy atom. The Morgan fingerprint density at radius 3 is 2.95 bits per heavy atom. The van der Waals surface area contributed by atoms with E-state index in [1.807, 2.05) is 11.0 Å². The molecule has 0 spiro atoms. The fraction of sp³-hybridized carbons (Fsp3) is 0.688. The molecule has 21 heavy (non-hydrogen) atoms. The van der Waals surface area contributed by atoms with E-state index in [1.54, 1.807) is 18.4 Å². The van der Waals surface area contributed by atoms with Crippen LogP contribution in [0.25, 0.3) is 0 Å². The van der Waals surface area contributed by atoms with Gasteiger partial charge in [-0.25, -0.2) is 0 Å². The van der Waals surface area contributed by atoms with E-state index in [2.05, 4.69) is 11.4 Å². The third-order valence-corrected chi connectivity index (χ3v) is 5.19. The molecule has 1 amide bonds. The van der Waals surface area contributed by atoms with Gasteiger partial charge in [-0.05, 0) is 36.8 Å². The second-order valence-corrected chi connectivity index (χ2v) is 6.75. The molecule has 2 unspecified atom stereocenters. The van der Waals surface area contributed by atoms with E-state index in [1.165, 1.54) is 11.3 Å². The van der Waals surface area contributed by atoms with Gasteiger partial charge in [0.2, 0.25) is 5.91 Å². The first-order chi connectivity index (χ1) is 10.3. The number of thiophene rings is 1. The molecule has 2 N–H and O–H groups in total. The summed E-state index contributed by atoms with van der Waals surface area (Å²) in [5.41, 5.74) is 5.87. The SMILES string of the molecule is COCCN(Cc1cccs1)C(=O)C1CCCCC1CN. The van der Waals surface area contributed by atoms with E-state index in [9.17, 15) is 4.79 Å². The molecule has 2 atom stereocenters. The van der Waals surface area contributed by atoms with Crippen molar-refractivity contribution in [3.8, 4) is 0 Å². The van der Waals surface area contributed by atoms with Crippen LogP contribution in [0.1, 0.15) is 30.6 Å². The zero-order chi connectivity index (χ0) is 15.1. The van der Waals surface area contributed by atoms with Gasteiger partial charge in [-0.3, -0.25) is 4.79 Å². The maximum Gasteiger partial charge on any atom is 0.226 e. The van der Waals surface area contributed by atoms with Crippen LogP contribution in [0, 0.1) is 11.8 Å². The van der Waals surface area contributed by atoms with Crippen LogP contribution in [-0.2, 0) is 16.1 Å². The molecule has 0 aromatic carbocycles. The van der Waals surface area contributed by atoms with E-state index in [4.69, 9.17) is 10.5 Å². The summed E-state index contributed by atoms with van der Waals surface area (Å²) < 4.78 is 5.17. The summed E-state index contributed by atoms with van der Waals surface area (Å²) in [6.07, 6.45) is 4.41. The van der Waals surface area contributed by atoms with Crippen LogP contribution in [0.5, 0.6) is 0 Å². The monoisotopic (exact) mass is 310 g/mol. The van der Waals surface area contributed by atoms with Crippen molar-refractivity contribution in [1.29, 1.82) is 0 Å². The van der Waals surface area contributed by atoms with Gasteiger partial charge in [0.25, 0.3) is 0 Å². The number of methoxy groups -OCH3 is 1. The van der Waals surface area contributed by atoms with Crippen molar-refractivity contribution in [1.82, 2.24) is 4.90 Å². The number of nitrogens with zero attached hydrogens (tertiary/aromatic N) is 1. The summed E-state index contributed by atoms with van der Waals surface area (Å²) in [6.45, 7) is 2.54. The molecular weight excluding hydrogens is 284 g/mol. The van der Waals surface area contributed by atoms with Gasteiger partial charge >= 0.3 is 0 Å². The number of hydrogen-bond acceptors (Lipinski definition) is 4. The van der Waals surface area contributed by atoms with E-state index < -0.39 is 0 Å². The van der Waals surface area contributed by atoms with E-state index in [0.717, 1.165) is 19.3 Å². The maximum atomic E-state index is 12.9. The highest BCUT2D eigenvalue weighted by molar-refractivity contribution is 7.09. The van der Waals surface area contributed by atoms with Crippen LogP contribution in [-0.4, -0.2) is 37.6 Å². The van der Waals surface area contributed by atoms with Gasteiger partial charge < -0.3 is 15.4 Å². The van der Waals surface area contributed by atoms with Crippen LogP contribution in [0.3, 0.4) is 0 Å². The standard InChI is InChI=1S/C16H26N2O2S/c1-20-9-8-18(12-14-6-4-10-21-14)16(19)15-7-3-2-5-13(15)11-17/h4,6,10,13,15H,2-3,5,7-9,11-12,17H2,1H3. The Hall–Kier alpha value is -0.910. The molecule has 0 saturated heterocycles. The number of rotatable bonds is 7. The van der Waals surface area contributed by atoms with Crippen molar-refractivity contribution in [2.24, 2.45) is 17.6 Å². The van der Waals surface area contributed by atoms with Gasteiger partial charge in [0.05, 0.1) is 13.2 Å². The molecule has 1 aromatic heterocycles. The molecule has 1 fully saturated rings. The third-order valence-electron chi connectivity index (χ3n) is 4.33. The quantitative estimate of drug-likeness (QED) is 0.842. The van der Waals surface area contributed by atoms with E-state index in [-0.39, 0.29) is 11.8 Å². The maximum absolute atomic E-state index is 12.9. The second-order valence-electron chi connectivity index (χ2n) is 5.72. The average molecular weight is 310 g/mol. The first-order valence-electron chi connectivity index (χ1n) is 7.76. The van der Waals surface area contributed by atoms with Crippen molar-refractivity contribution in [2.45, 2.75) is 32.2 Å². The molecule has 1 saturated carbocycles. The van der Waals surface area contributed by atoms with Crippen LogP contribution in [0.4, 0.5) is 0 Å². The second kappa shape index (κ2) is 8.51. The van der Waals surface area contributed by atoms with Gasteiger partial charge in [0, 0.05) is 24.4 Å². The first-order valence-corrected chi connectivity index (χ1v) is 8.64. The Balaban J connectivity index is 2.04. The predicted octanol–water partition coefficient (Wildman–Crippen LogP) is 2.49. The molecule has 118 valence electrons. The van der Waals surface area contributed by atoms with Gasteiger partial charge in [0.1, 0.15) is 0 Å². The predicted molar refractivity (Wildman–Crippen MR) is 86.1 cm³/mol. The molecule has 0 radical (unpaired) electrons. The molecule has 0 bridgehead atoms. The lowest BCUT2D eigenvalue weighted by atomic mass is 9.78. The molecular formula is C16H26N2O2S. The lowest BCUT2D eigenvalue weighted by Crippen LogP contribution is -2.43. The normalized spacial score (nSPS) is 22.2. The van der Waals surface area contributed by atoms with Crippen LogP contribution < -0.4 is 5.73 Å². The number of nitrogens with two attached hydrogens (primary N) is 1. The smallest absolute Gasteiger partial charge is 0.226 e. The van der Waals surface area contributed by atoms with E-state index >= 15 is 0 Å². The van der Waals surface area contributed by atoms with Crippen molar-refractivity contribution < 1.29 is 9.53 Å². The summed E-state index contributed by atoms with van der Waals surface area (Å²) in [5, 5.41) is 2.05. The zero-order valence-electron chi connectivity index (χ0n) is 12.8. The van der Waals surface area contributed by atoms with Crippen molar-refractivity contribution in [2.75, 3.05) is 26.8 Å².